The summed E-state index contributed by atoms with van der Waals surface area (Å²) in [5.41, 5.74) is 3.93. The molecule has 0 unspecified atom stereocenters. The standard InChI is InChI=1S/C24H24N10O/c1-24(17-4-5-17,18-6-7-20(26-11-18)15-8-27-23(25-2)28-9-15)22-31-21(35-32-22)16-10-30-34(13-16)19-12-29-33(3)14-19/h6-14,17H,4-5H2,1-3H3,(H,25,27,28)/t24-/m1/s1. The molecule has 0 bridgehead atoms. The maximum Gasteiger partial charge on any atom is 0.261 e. The van der Waals surface area contributed by atoms with Crippen LogP contribution in [-0.4, -0.2) is 51.7 Å². The van der Waals surface area contributed by atoms with Gasteiger partial charge in [-0.3, -0.25) is 9.67 Å². The first-order chi connectivity index (χ1) is 17.0. The highest BCUT2D eigenvalue weighted by Gasteiger charge is 2.47. The summed E-state index contributed by atoms with van der Waals surface area (Å²) in [4.78, 5) is 18.1. The molecule has 176 valence electrons. The number of rotatable bonds is 7. The fraction of sp³-hybridized carbons (Fsp3) is 0.292. The van der Waals surface area contributed by atoms with Crippen LogP contribution in [-0.2, 0) is 12.5 Å². The van der Waals surface area contributed by atoms with Gasteiger partial charge < -0.3 is 9.84 Å². The highest BCUT2D eigenvalue weighted by atomic mass is 16.5. The molecule has 6 rings (SSSR count). The second kappa shape index (κ2) is 8.12. The minimum atomic E-state index is -0.404. The van der Waals surface area contributed by atoms with Gasteiger partial charge in [0, 0.05) is 44.4 Å². The van der Waals surface area contributed by atoms with E-state index < -0.39 is 5.41 Å². The summed E-state index contributed by atoms with van der Waals surface area (Å²) < 4.78 is 9.15. The molecule has 1 atom stereocenters. The Bertz CT molecular complexity index is 1460. The molecule has 0 aromatic carbocycles. The van der Waals surface area contributed by atoms with Crippen molar-refractivity contribution in [2.45, 2.75) is 25.2 Å². The zero-order valence-electron chi connectivity index (χ0n) is 19.6. The molecule has 5 heterocycles. The summed E-state index contributed by atoms with van der Waals surface area (Å²) in [7, 11) is 3.66. The van der Waals surface area contributed by atoms with Crippen molar-refractivity contribution in [2.75, 3.05) is 12.4 Å². The lowest BCUT2D eigenvalue weighted by Crippen LogP contribution is -2.28. The van der Waals surface area contributed by atoms with Crippen LogP contribution >= 0.6 is 0 Å². The quantitative estimate of drug-likeness (QED) is 0.383. The molecule has 0 radical (unpaired) electrons. The molecule has 1 fully saturated rings. The van der Waals surface area contributed by atoms with E-state index in [2.05, 4.69) is 43.6 Å². The van der Waals surface area contributed by atoms with Crippen LogP contribution in [0, 0.1) is 5.92 Å². The Balaban J connectivity index is 1.29. The number of hydrogen-bond acceptors (Lipinski definition) is 9. The fourth-order valence-electron chi connectivity index (χ4n) is 4.32. The van der Waals surface area contributed by atoms with Gasteiger partial charge in [-0.1, -0.05) is 11.2 Å². The first-order valence-electron chi connectivity index (χ1n) is 11.4. The Morgan fingerprint density at radius 1 is 0.971 bits per heavy atom. The zero-order valence-corrected chi connectivity index (χ0v) is 19.6. The number of aryl methyl sites for hydroxylation is 1. The number of anilines is 1. The van der Waals surface area contributed by atoms with Gasteiger partial charge in [0.1, 0.15) is 5.69 Å². The third kappa shape index (κ3) is 3.74. The molecule has 5 aromatic rings. The van der Waals surface area contributed by atoms with Crippen molar-refractivity contribution in [3.05, 3.63) is 66.9 Å². The molecule has 11 nitrogen and oxygen atoms in total. The van der Waals surface area contributed by atoms with E-state index in [-0.39, 0.29) is 0 Å². The van der Waals surface area contributed by atoms with Gasteiger partial charge in [-0.05, 0) is 37.3 Å². The fourth-order valence-corrected chi connectivity index (χ4v) is 4.32. The predicted molar refractivity (Wildman–Crippen MR) is 128 cm³/mol. The second-order valence-corrected chi connectivity index (χ2v) is 8.92. The summed E-state index contributed by atoms with van der Waals surface area (Å²) in [5.74, 6) is 2.09. The molecule has 5 aromatic heterocycles. The third-order valence-corrected chi connectivity index (χ3v) is 6.60. The third-order valence-electron chi connectivity index (χ3n) is 6.60. The van der Waals surface area contributed by atoms with Crippen molar-refractivity contribution < 1.29 is 4.52 Å². The van der Waals surface area contributed by atoms with Crippen LogP contribution in [0.1, 0.15) is 31.2 Å². The van der Waals surface area contributed by atoms with Crippen LogP contribution in [0.25, 0.3) is 28.4 Å². The molecule has 1 N–H and O–H groups in total. The lowest BCUT2D eigenvalue weighted by Gasteiger charge is -2.26. The maximum absolute atomic E-state index is 5.69. The molecule has 1 aliphatic rings. The molecule has 0 amide bonds. The van der Waals surface area contributed by atoms with Gasteiger partial charge in [0.2, 0.25) is 5.95 Å². The van der Waals surface area contributed by atoms with E-state index in [0.717, 1.165) is 40.9 Å². The van der Waals surface area contributed by atoms with Crippen LogP contribution in [0.4, 0.5) is 5.95 Å². The minimum Gasteiger partial charge on any atom is -0.357 e. The highest BCUT2D eigenvalue weighted by molar-refractivity contribution is 5.58. The number of hydrogen-bond donors (Lipinski definition) is 1. The molecule has 0 aliphatic heterocycles. The number of nitrogens with zero attached hydrogens (tertiary/aromatic N) is 9. The zero-order chi connectivity index (χ0) is 24.0. The largest absolute Gasteiger partial charge is 0.357 e. The summed E-state index contributed by atoms with van der Waals surface area (Å²) in [5, 5.41) is 15.9. The highest BCUT2D eigenvalue weighted by Crippen LogP contribution is 2.50. The van der Waals surface area contributed by atoms with Gasteiger partial charge in [-0.2, -0.15) is 15.2 Å². The Kier molecular flexibility index (Phi) is 4.90. The van der Waals surface area contributed by atoms with Gasteiger partial charge in [-0.15, -0.1) is 0 Å². The molecule has 35 heavy (non-hydrogen) atoms. The number of aromatic nitrogens is 9. The van der Waals surface area contributed by atoms with Crippen LogP contribution in [0.2, 0.25) is 0 Å². The van der Waals surface area contributed by atoms with Crippen molar-refractivity contribution in [1.82, 2.24) is 44.7 Å². The first kappa shape index (κ1) is 21.1. The van der Waals surface area contributed by atoms with Crippen molar-refractivity contribution in [3.63, 3.8) is 0 Å². The van der Waals surface area contributed by atoms with E-state index in [9.17, 15) is 0 Å². The average Bonchev–Trinajstić information content (AvgIpc) is 3.25. The van der Waals surface area contributed by atoms with Gasteiger partial charge in [0.15, 0.2) is 5.82 Å². The van der Waals surface area contributed by atoms with Crippen molar-refractivity contribution in [3.8, 4) is 28.4 Å². The van der Waals surface area contributed by atoms with Crippen LogP contribution in [0.3, 0.4) is 0 Å². The van der Waals surface area contributed by atoms with E-state index in [4.69, 9.17) is 14.5 Å². The normalized spacial score (nSPS) is 15.2. The monoisotopic (exact) mass is 468 g/mol. The smallest absolute Gasteiger partial charge is 0.261 e. The molecule has 0 spiro atoms. The van der Waals surface area contributed by atoms with E-state index in [1.807, 2.05) is 31.7 Å². The summed E-state index contributed by atoms with van der Waals surface area (Å²) in [6.07, 6.45) is 14.9. The van der Waals surface area contributed by atoms with E-state index in [1.54, 1.807) is 41.2 Å². The minimum absolute atomic E-state index is 0.404. The topological polar surface area (TPSA) is 125 Å². The molecule has 1 aliphatic carbocycles. The Morgan fingerprint density at radius 3 is 2.46 bits per heavy atom. The Labute approximate surface area is 201 Å². The second-order valence-electron chi connectivity index (χ2n) is 8.92. The first-order valence-corrected chi connectivity index (χ1v) is 11.4. The van der Waals surface area contributed by atoms with Gasteiger partial charge in [0.05, 0.1) is 35.3 Å². The predicted octanol–water partition coefficient (Wildman–Crippen LogP) is 3.27. The average molecular weight is 469 g/mol. The van der Waals surface area contributed by atoms with Crippen LogP contribution in [0.5, 0.6) is 0 Å². The van der Waals surface area contributed by atoms with Crippen molar-refractivity contribution in [2.24, 2.45) is 13.0 Å². The lowest BCUT2D eigenvalue weighted by atomic mass is 9.77. The summed E-state index contributed by atoms with van der Waals surface area (Å²) in [6, 6.07) is 4.08. The summed E-state index contributed by atoms with van der Waals surface area (Å²) >= 11 is 0. The Morgan fingerprint density at radius 2 is 1.80 bits per heavy atom. The maximum atomic E-state index is 5.69. The van der Waals surface area contributed by atoms with Crippen molar-refractivity contribution >= 4 is 5.95 Å². The molecule has 1 saturated carbocycles. The SMILES string of the molecule is CNc1ncc(-c2ccc([C@](C)(c3noc(-c4cnn(-c5cnn(C)c5)c4)n3)C3CC3)cn2)cn1. The molecular weight excluding hydrogens is 444 g/mol. The lowest BCUT2D eigenvalue weighted by molar-refractivity contribution is 0.386. The molecular formula is C24H24N10O. The molecule has 11 heteroatoms. The van der Waals surface area contributed by atoms with E-state index in [0.29, 0.717) is 23.6 Å². The van der Waals surface area contributed by atoms with E-state index in [1.165, 1.54) is 0 Å². The summed E-state index contributed by atoms with van der Waals surface area (Å²) in [6.45, 7) is 2.17. The van der Waals surface area contributed by atoms with Crippen LogP contribution < -0.4 is 5.32 Å². The van der Waals surface area contributed by atoms with Crippen LogP contribution in [0.15, 0.2) is 60.0 Å². The van der Waals surface area contributed by atoms with Gasteiger partial charge in [0.25, 0.3) is 5.89 Å². The van der Waals surface area contributed by atoms with Gasteiger partial charge in [-0.25, -0.2) is 14.6 Å². The molecule has 0 saturated heterocycles. The van der Waals surface area contributed by atoms with Gasteiger partial charge >= 0.3 is 0 Å². The number of pyridine rings is 1. The number of nitrogens with one attached hydrogen (secondary N) is 1. The van der Waals surface area contributed by atoms with Crippen molar-refractivity contribution in [1.29, 1.82) is 0 Å². The van der Waals surface area contributed by atoms with E-state index >= 15 is 0 Å². The Hall–Kier alpha value is -4.41.